The molecule has 14 nitrogen and oxygen atoms in total. The minimum Gasteiger partial charge on any atom is -0.371 e. The fraction of sp³-hybridized carbons (Fsp3) is 0.364. The molecule has 0 radical (unpaired) electrons. The molecular formula is C55H59N9O5S. The summed E-state index contributed by atoms with van der Waals surface area (Å²) in [5.41, 5.74) is 14.6. The van der Waals surface area contributed by atoms with Crippen LogP contribution in [0.1, 0.15) is 96.6 Å². The molecule has 1 aromatic heterocycles. The number of nitrogens with zero attached hydrogens (tertiary/aromatic N) is 5. The maximum Gasteiger partial charge on any atom is 0.255 e. The fourth-order valence-corrected chi connectivity index (χ4v) is 11.2. The Bertz CT molecular complexity index is 2820. The summed E-state index contributed by atoms with van der Waals surface area (Å²) < 4.78 is 0. The van der Waals surface area contributed by atoms with Gasteiger partial charge in [0.15, 0.2) is 0 Å². The Morgan fingerprint density at radius 2 is 1.59 bits per heavy atom. The molecule has 10 rings (SSSR count). The van der Waals surface area contributed by atoms with Gasteiger partial charge in [0.1, 0.15) is 16.9 Å². The second-order valence-corrected chi connectivity index (χ2v) is 20.8. The second-order valence-electron chi connectivity index (χ2n) is 19.7. The van der Waals surface area contributed by atoms with Gasteiger partial charge in [-0.2, -0.15) is 0 Å². The number of hydrogen-bond donors (Lipinski definition) is 4. The third-order valence-corrected chi connectivity index (χ3v) is 15.7. The van der Waals surface area contributed by atoms with Crippen molar-refractivity contribution in [2.24, 2.45) is 17.6 Å². The van der Waals surface area contributed by atoms with E-state index in [0.717, 1.165) is 109 Å². The smallest absolute Gasteiger partial charge is 0.255 e. The highest BCUT2D eigenvalue weighted by Crippen LogP contribution is 2.36. The number of rotatable bonds is 12. The zero-order valence-electron chi connectivity index (χ0n) is 39.5. The first-order valence-electron chi connectivity index (χ1n) is 24.5. The predicted octanol–water partition coefficient (Wildman–Crippen LogP) is 7.89. The summed E-state index contributed by atoms with van der Waals surface area (Å²) in [6, 6.07) is 29.1. The Balaban J connectivity index is 0.654. The van der Waals surface area contributed by atoms with Gasteiger partial charge in [-0.15, -0.1) is 0 Å². The molecule has 4 aromatic carbocycles. The predicted molar refractivity (Wildman–Crippen MR) is 271 cm³/mol. The van der Waals surface area contributed by atoms with E-state index in [1.165, 1.54) is 23.0 Å². The molecule has 0 spiro atoms. The minimum absolute atomic E-state index is 0.0488. The molecule has 4 aliphatic heterocycles. The maximum atomic E-state index is 13.3. The van der Waals surface area contributed by atoms with Gasteiger partial charge < -0.3 is 31.1 Å². The molecule has 3 saturated heterocycles. The zero-order valence-corrected chi connectivity index (χ0v) is 40.3. The van der Waals surface area contributed by atoms with Crippen LogP contribution in [0, 0.1) is 11.8 Å². The third kappa shape index (κ3) is 10.7. The van der Waals surface area contributed by atoms with Gasteiger partial charge in [0.05, 0.1) is 12.4 Å². The SMILES string of the molecule is CC1(N)CCN(c2cnc(Sc3cccc(NC(=O)c4ccc(-c5ccc(N6CCC(C7=CCC(C(=O)NCc8ccc9c(c8)CN(C8CCC(=O)NC8=O)C9=O)CC7)CC6)cc5)cc4)c3)cn2)CC1. The average molecular weight is 958 g/mol. The van der Waals surface area contributed by atoms with Gasteiger partial charge in [-0.25, -0.2) is 9.97 Å². The third-order valence-electron chi connectivity index (χ3n) is 14.8. The van der Waals surface area contributed by atoms with Crippen LogP contribution in [0.5, 0.6) is 0 Å². The van der Waals surface area contributed by atoms with Crippen molar-refractivity contribution in [2.75, 3.05) is 41.3 Å². The lowest BCUT2D eigenvalue weighted by molar-refractivity contribution is -0.137. The van der Waals surface area contributed by atoms with Crippen LogP contribution in [0.25, 0.3) is 11.1 Å². The molecule has 5 aromatic rings. The Morgan fingerprint density at radius 3 is 2.29 bits per heavy atom. The molecule has 5 N–H and O–H groups in total. The van der Waals surface area contributed by atoms with Crippen molar-refractivity contribution >= 4 is 58.5 Å². The number of nitrogens with one attached hydrogen (secondary N) is 3. The van der Waals surface area contributed by atoms with Crippen LogP contribution < -0.4 is 31.5 Å². The number of allylic oxidation sites excluding steroid dienone is 2. The van der Waals surface area contributed by atoms with E-state index in [4.69, 9.17) is 5.73 Å². The van der Waals surface area contributed by atoms with Crippen molar-refractivity contribution in [3.63, 3.8) is 0 Å². The number of hydrogen-bond acceptors (Lipinski definition) is 11. The van der Waals surface area contributed by atoms with Gasteiger partial charge in [-0.05, 0) is 135 Å². The number of fused-ring (bicyclic) bond motifs is 1. The topological polar surface area (TPSA) is 183 Å². The number of carbonyl (C=O) groups is 5. The van der Waals surface area contributed by atoms with Gasteiger partial charge in [0, 0.05) is 84.5 Å². The molecule has 0 saturated carbocycles. The standard InChI is InChI=1S/C55H59N9O5S/c1-55(56)23-27-63(28-24-55)48-32-58-50(33-57-48)70-45-4-2-3-43(30-45)60-52(67)41-12-8-36(9-13-41)38-14-16-44(17-15-38)62-25-21-39(22-26-62)37-6-10-40(11-7-37)51(66)59-31-35-5-18-46-42(29-35)34-64(54(46)69)47-19-20-49(65)61-53(47)68/h2-6,8-9,12-18,29-30,32-33,39-40,47H,7,10-11,19-28,31,34,56H2,1H3,(H,59,66)(H,60,67)(H,61,65,68). The molecule has 70 heavy (non-hydrogen) atoms. The van der Waals surface area contributed by atoms with Crippen molar-refractivity contribution in [3.8, 4) is 11.1 Å². The molecule has 5 amide bonds. The van der Waals surface area contributed by atoms with Crippen LogP contribution >= 0.6 is 11.8 Å². The number of carbonyl (C=O) groups excluding carboxylic acids is 5. The van der Waals surface area contributed by atoms with Crippen LogP contribution in [-0.4, -0.2) is 82.2 Å². The normalized spacial score (nSPS) is 20.4. The highest BCUT2D eigenvalue weighted by atomic mass is 32.2. The molecule has 1 aliphatic carbocycles. The van der Waals surface area contributed by atoms with Gasteiger partial charge in [0.2, 0.25) is 17.7 Å². The number of nitrogens with two attached hydrogens (primary N) is 1. The average Bonchev–Trinajstić information content (AvgIpc) is 3.70. The van der Waals surface area contributed by atoms with Crippen molar-refractivity contribution in [1.82, 2.24) is 25.5 Å². The van der Waals surface area contributed by atoms with Crippen LogP contribution in [0.15, 0.2) is 125 Å². The Labute approximate surface area is 412 Å². The van der Waals surface area contributed by atoms with E-state index in [9.17, 15) is 24.0 Å². The van der Waals surface area contributed by atoms with E-state index >= 15 is 0 Å². The van der Waals surface area contributed by atoms with E-state index in [2.05, 4.69) is 73.0 Å². The summed E-state index contributed by atoms with van der Waals surface area (Å²) in [5.74, 6) is 0.269. The lowest BCUT2D eigenvalue weighted by Crippen LogP contribution is -2.52. The molecule has 360 valence electrons. The molecule has 15 heteroatoms. The summed E-state index contributed by atoms with van der Waals surface area (Å²) in [6.45, 7) is 6.48. The number of anilines is 3. The largest absolute Gasteiger partial charge is 0.371 e. The molecular weight excluding hydrogens is 899 g/mol. The van der Waals surface area contributed by atoms with Crippen LogP contribution in [0.3, 0.4) is 0 Å². The minimum atomic E-state index is -0.651. The van der Waals surface area contributed by atoms with Crippen LogP contribution in [-0.2, 0) is 27.5 Å². The molecule has 3 fully saturated rings. The van der Waals surface area contributed by atoms with E-state index in [-0.39, 0.29) is 41.5 Å². The molecule has 2 atom stereocenters. The van der Waals surface area contributed by atoms with Gasteiger partial charge in [0.25, 0.3) is 11.8 Å². The lowest BCUT2D eigenvalue weighted by atomic mass is 9.79. The van der Waals surface area contributed by atoms with Crippen LogP contribution in [0.2, 0.25) is 0 Å². The number of imide groups is 1. The Morgan fingerprint density at radius 1 is 0.829 bits per heavy atom. The fourth-order valence-electron chi connectivity index (χ4n) is 10.5. The Kier molecular flexibility index (Phi) is 13.6. The summed E-state index contributed by atoms with van der Waals surface area (Å²) in [7, 11) is 0. The number of piperidine rings is 3. The van der Waals surface area contributed by atoms with Crippen molar-refractivity contribution in [2.45, 2.75) is 99.3 Å². The molecule has 5 heterocycles. The van der Waals surface area contributed by atoms with Gasteiger partial charge >= 0.3 is 0 Å². The summed E-state index contributed by atoms with van der Waals surface area (Å²) in [6.07, 6.45) is 13.0. The van der Waals surface area contributed by atoms with E-state index in [0.29, 0.717) is 42.2 Å². The molecule has 2 unspecified atom stereocenters. The van der Waals surface area contributed by atoms with Crippen molar-refractivity contribution in [1.29, 1.82) is 0 Å². The summed E-state index contributed by atoms with van der Waals surface area (Å²) >= 11 is 1.50. The highest BCUT2D eigenvalue weighted by molar-refractivity contribution is 7.99. The van der Waals surface area contributed by atoms with Gasteiger partial charge in [-0.3, -0.25) is 29.3 Å². The quantitative estimate of drug-likeness (QED) is 0.0705. The van der Waals surface area contributed by atoms with E-state index in [1.54, 1.807) is 17.2 Å². The molecule has 0 bridgehead atoms. The Hall–Kier alpha value is -6.84. The lowest BCUT2D eigenvalue weighted by Gasteiger charge is -2.37. The number of benzene rings is 4. The molecule has 5 aliphatic rings. The zero-order chi connectivity index (χ0) is 48.4. The monoisotopic (exact) mass is 957 g/mol. The highest BCUT2D eigenvalue weighted by Gasteiger charge is 2.39. The number of amides is 5. The first kappa shape index (κ1) is 46.9. The first-order valence-corrected chi connectivity index (χ1v) is 25.4. The maximum absolute atomic E-state index is 13.3. The second kappa shape index (κ2) is 20.2. The van der Waals surface area contributed by atoms with E-state index < -0.39 is 11.9 Å². The number of aromatic nitrogens is 2. The van der Waals surface area contributed by atoms with E-state index in [1.807, 2.05) is 66.9 Å². The van der Waals surface area contributed by atoms with Crippen LogP contribution in [0.4, 0.5) is 17.2 Å². The summed E-state index contributed by atoms with van der Waals surface area (Å²) in [4.78, 5) is 80.2. The van der Waals surface area contributed by atoms with Crippen molar-refractivity contribution in [3.05, 3.63) is 137 Å². The van der Waals surface area contributed by atoms with Crippen molar-refractivity contribution < 1.29 is 24.0 Å². The van der Waals surface area contributed by atoms with Gasteiger partial charge in [-0.1, -0.05) is 65.9 Å². The summed E-state index contributed by atoms with van der Waals surface area (Å²) in [5, 5.41) is 9.30. The first-order chi connectivity index (χ1) is 33.9.